The Morgan fingerprint density at radius 3 is 2.38 bits per heavy atom. The molecular formula is C25H27BrN6O5S2. The molecule has 11 nitrogen and oxygen atoms in total. The van der Waals surface area contributed by atoms with Crippen molar-refractivity contribution in [3.63, 3.8) is 0 Å². The van der Waals surface area contributed by atoms with E-state index in [0.717, 1.165) is 15.8 Å². The van der Waals surface area contributed by atoms with Crippen molar-refractivity contribution in [3.05, 3.63) is 76.6 Å². The highest BCUT2D eigenvalue weighted by molar-refractivity contribution is 9.10. The van der Waals surface area contributed by atoms with Gasteiger partial charge in [0, 0.05) is 40.1 Å². The first-order valence-corrected chi connectivity index (χ1v) is 14.7. The number of carbonyl (C=O) groups excluding carboxylic acids is 2. The fourth-order valence-corrected chi connectivity index (χ4v) is 5.27. The van der Waals surface area contributed by atoms with E-state index in [0.29, 0.717) is 22.9 Å². The zero-order valence-electron chi connectivity index (χ0n) is 21.0. The van der Waals surface area contributed by atoms with Crippen molar-refractivity contribution in [1.82, 2.24) is 19.7 Å². The van der Waals surface area contributed by atoms with E-state index in [-0.39, 0.29) is 17.2 Å². The van der Waals surface area contributed by atoms with Gasteiger partial charge in [-0.15, -0.1) is 11.3 Å². The largest absolute Gasteiger partial charge is 0.497 e. The monoisotopic (exact) mass is 634 g/mol. The highest BCUT2D eigenvalue weighted by atomic mass is 79.9. The van der Waals surface area contributed by atoms with E-state index in [9.17, 15) is 18.0 Å². The first kappa shape index (κ1) is 30.0. The molecule has 2 aromatic carbocycles. The number of aromatic nitrogens is 3. The molecule has 0 aliphatic carbocycles. The Kier molecular flexibility index (Phi) is 10.7. The van der Waals surface area contributed by atoms with Gasteiger partial charge in [0.2, 0.25) is 21.8 Å². The molecule has 39 heavy (non-hydrogen) atoms. The molecule has 2 heterocycles. The first-order valence-electron chi connectivity index (χ1n) is 11.6. The number of amides is 2. The number of anilines is 1. The number of aromatic amines is 1. The van der Waals surface area contributed by atoms with Gasteiger partial charge in [-0.25, -0.2) is 18.4 Å². The molecule has 4 aromatic rings. The number of imidazole rings is 1. The van der Waals surface area contributed by atoms with Crippen LogP contribution >= 0.6 is 27.3 Å². The van der Waals surface area contributed by atoms with Crippen LogP contribution in [0.15, 0.2) is 75.8 Å². The Labute approximate surface area is 238 Å². The molecule has 206 valence electrons. The number of benzene rings is 2. The van der Waals surface area contributed by atoms with Gasteiger partial charge in [-0.3, -0.25) is 9.59 Å². The Morgan fingerprint density at radius 1 is 1.15 bits per heavy atom. The van der Waals surface area contributed by atoms with Gasteiger partial charge in [-0.2, -0.15) is 4.72 Å². The van der Waals surface area contributed by atoms with Gasteiger partial charge in [-0.05, 0) is 48.5 Å². The lowest BCUT2D eigenvalue weighted by molar-refractivity contribution is -0.118. The lowest BCUT2D eigenvalue weighted by atomic mass is 10.1. The number of hydrogen-bond acceptors (Lipinski definition) is 8. The van der Waals surface area contributed by atoms with Crippen LogP contribution in [0.4, 0.5) is 5.13 Å². The Morgan fingerprint density at radius 2 is 1.82 bits per heavy atom. The highest BCUT2D eigenvalue weighted by Crippen LogP contribution is 2.26. The molecule has 5 N–H and O–H groups in total. The average Bonchev–Trinajstić information content (AvgIpc) is 3.61. The molecule has 2 aromatic heterocycles. The maximum absolute atomic E-state index is 13.1. The van der Waals surface area contributed by atoms with Crippen molar-refractivity contribution in [2.45, 2.75) is 30.7 Å². The molecule has 0 saturated heterocycles. The number of thiazole rings is 1. The van der Waals surface area contributed by atoms with E-state index in [4.69, 9.17) is 4.74 Å². The molecule has 2 amide bonds. The van der Waals surface area contributed by atoms with E-state index in [2.05, 4.69) is 46.7 Å². The number of halogens is 1. The van der Waals surface area contributed by atoms with E-state index in [1.165, 1.54) is 29.8 Å². The topological polar surface area (TPSA) is 169 Å². The van der Waals surface area contributed by atoms with Crippen molar-refractivity contribution in [2.75, 3.05) is 12.4 Å². The van der Waals surface area contributed by atoms with Gasteiger partial charge in [-0.1, -0.05) is 22.9 Å². The lowest BCUT2D eigenvalue weighted by Gasteiger charge is -2.17. The van der Waals surface area contributed by atoms with Crippen molar-refractivity contribution < 1.29 is 22.7 Å². The van der Waals surface area contributed by atoms with Crippen molar-refractivity contribution in [2.24, 2.45) is 5.73 Å². The van der Waals surface area contributed by atoms with Crippen LogP contribution in [-0.4, -0.2) is 48.3 Å². The Bertz CT molecular complexity index is 1470. The average molecular weight is 636 g/mol. The van der Waals surface area contributed by atoms with Crippen LogP contribution in [0.5, 0.6) is 5.75 Å². The zero-order valence-corrected chi connectivity index (χ0v) is 24.3. The summed E-state index contributed by atoms with van der Waals surface area (Å²) in [5, 5.41) is 4.89. The Hall–Kier alpha value is -3.59. The van der Waals surface area contributed by atoms with E-state index in [1.807, 2.05) is 29.6 Å². The minimum atomic E-state index is -3.96. The first-order chi connectivity index (χ1) is 18.6. The molecule has 1 atom stereocenters. The molecule has 14 heteroatoms. The number of rotatable bonds is 10. The van der Waals surface area contributed by atoms with Gasteiger partial charge in [0.1, 0.15) is 11.8 Å². The van der Waals surface area contributed by atoms with Crippen molar-refractivity contribution >= 4 is 54.2 Å². The quantitative estimate of drug-likeness (QED) is 0.206. The van der Waals surface area contributed by atoms with Crippen LogP contribution in [0.1, 0.15) is 19.0 Å². The molecule has 0 radical (unpaired) electrons. The van der Waals surface area contributed by atoms with Crippen LogP contribution in [0, 0.1) is 0 Å². The number of nitrogens with one attached hydrogen (secondary N) is 3. The summed E-state index contributed by atoms with van der Waals surface area (Å²) in [5.74, 6) is -0.0527. The summed E-state index contributed by atoms with van der Waals surface area (Å²) in [6.45, 7) is 1.72. The van der Waals surface area contributed by atoms with Gasteiger partial charge in [0.15, 0.2) is 5.13 Å². The van der Waals surface area contributed by atoms with E-state index >= 15 is 0 Å². The van der Waals surface area contributed by atoms with Gasteiger partial charge in [0.25, 0.3) is 0 Å². The smallest absolute Gasteiger partial charge is 0.244 e. The molecule has 0 saturated carbocycles. The molecule has 0 spiro atoms. The van der Waals surface area contributed by atoms with Gasteiger partial charge < -0.3 is 20.8 Å². The molecule has 0 aliphatic rings. The van der Waals surface area contributed by atoms with Crippen LogP contribution in [0.2, 0.25) is 0 Å². The zero-order chi connectivity index (χ0) is 28.4. The second kappa shape index (κ2) is 14.0. The number of H-pyrrole nitrogens is 1. The summed E-state index contributed by atoms with van der Waals surface area (Å²) >= 11 is 4.53. The molecule has 0 bridgehead atoms. The van der Waals surface area contributed by atoms with Crippen molar-refractivity contribution in [1.29, 1.82) is 0 Å². The minimum Gasteiger partial charge on any atom is -0.497 e. The predicted molar refractivity (Wildman–Crippen MR) is 153 cm³/mol. The maximum Gasteiger partial charge on any atom is 0.244 e. The summed E-state index contributed by atoms with van der Waals surface area (Å²) in [7, 11) is -2.36. The second-order valence-electron chi connectivity index (χ2n) is 7.98. The molecule has 0 aliphatic heterocycles. The molecular weight excluding hydrogens is 608 g/mol. The van der Waals surface area contributed by atoms with Crippen LogP contribution in [0.25, 0.3) is 11.3 Å². The normalized spacial score (nSPS) is 11.7. The number of sulfonamides is 1. The van der Waals surface area contributed by atoms with Crippen LogP contribution in [0.3, 0.4) is 0 Å². The third-order valence-corrected chi connectivity index (χ3v) is 7.96. The standard InChI is InChI=1S/C22H20BrN5O4S2.C3H7NO/c1-32-17-6-2-14(3-7-17)20-12-33-22(26-20)27-21(29)19(10-16-11-24-13-25-16)28-34(30,31)18-8-4-15(23)5-9-18;1-2-3(4)5/h2-9,11-13,19,28H,10H2,1H3,(H,24,25)(H,26,27,29);2H2,1H3,(H2,4,5)/t19-;/m0./s1. The fraction of sp³-hybridized carbons (Fsp3) is 0.200. The number of carbonyl (C=O) groups is 2. The Balaban J connectivity index is 0.000000771. The molecule has 0 fully saturated rings. The highest BCUT2D eigenvalue weighted by Gasteiger charge is 2.27. The van der Waals surface area contributed by atoms with Gasteiger partial charge in [0.05, 0.1) is 24.0 Å². The summed E-state index contributed by atoms with van der Waals surface area (Å²) in [6, 6.07) is 12.4. The number of hydrogen-bond donors (Lipinski definition) is 4. The summed E-state index contributed by atoms with van der Waals surface area (Å²) in [6.07, 6.45) is 3.53. The van der Waals surface area contributed by atoms with Crippen LogP contribution < -0.4 is 20.5 Å². The van der Waals surface area contributed by atoms with Gasteiger partial charge >= 0.3 is 0 Å². The van der Waals surface area contributed by atoms with E-state index in [1.54, 1.807) is 32.4 Å². The third-order valence-electron chi connectivity index (χ3n) is 5.19. The second-order valence-corrected chi connectivity index (χ2v) is 11.5. The predicted octanol–water partition coefficient (Wildman–Crippen LogP) is 3.71. The number of nitrogens with zero attached hydrogens (tertiary/aromatic N) is 2. The number of ether oxygens (including phenoxy) is 1. The lowest BCUT2D eigenvalue weighted by Crippen LogP contribution is -2.45. The summed E-state index contributed by atoms with van der Waals surface area (Å²) in [4.78, 5) is 34.0. The van der Waals surface area contributed by atoms with E-state index < -0.39 is 22.0 Å². The van der Waals surface area contributed by atoms with Crippen LogP contribution in [-0.2, 0) is 26.0 Å². The third kappa shape index (κ3) is 8.99. The number of methoxy groups -OCH3 is 1. The number of primary amides is 1. The fourth-order valence-electron chi connectivity index (χ4n) is 3.09. The number of nitrogens with two attached hydrogens (primary N) is 1. The summed E-state index contributed by atoms with van der Waals surface area (Å²) < 4.78 is 34.3. The SMILES string of the molecule is CCC(N)=O.COc1ccc(-c2csc(NC(=O)[C@H](Cc3cnc[nH]3)NS(=O)(=O)c3ccc(Br)cc3)n2)cc1. The molecule has 0 unspecified atom stereocenters. The minimum absolute atomic E-state index is 0.0501. The van der Waals surface area contributed by atoms with Crippen molar-refractivity contribution in [3.8, 4) is 17.0 Å². The maximum atomic E-state index is 13.1. The molecule has 4 rings (SSSR count). The summed E-state index contributed by atoms with van der Waals surface area (Å²) in [5.41, 5.74) is 6.81.